The summed E-state index contributed by atoms with van der Waals surface area (Å²) in [5.41, 5.74) is 2.17. The first-order valence-corrected chi connectivity index (χ1v) is 12.9. The van der Waals surface area contributed by atoms with Gasteiger partial charge in [0.1, 0.15) is 11.6 Å². The van der Waals surface area contributed by atoms with Crippen molar-refractivity contribution in [3.05, 3.63) is 88.1 Å². The maximum absolute atomic E-state index is 14.7. The van der Waals surface area contributed by atoms with E-state index in [2.05, 4.69) is 38.0 Å². The van der Waals surface area contributed by atoms with Gasteiger partial charge in [0.25, 0.3) is 11.8 Å². The lowest BCUT2D eigenvalue weighted by Crippen LogP contribution is -2.33. The van der Waals surface area contributed by atoms with E-state index in [1.165, 1.54) is 18.2 Å². The van der Waals surface area contributed by atoms with Crippen molar-refractivity contribution in [1.82, 2.24) is 15.2 Å². The molecule has 5 nitrogen and oxygen atoms in total. The highest BCUT2D eigenvalue weighted by Gasteiger charge is 2.47. The van der Waals surface area contributed by atoms with Gasteiger partial charge >= 0.3 is 0 Å². The summed E-state index contributed by atoms with van der Waals surface area (Å²) in [6, 6.07) is 12.6. The number of fused-ring (bicyclic) bond motifs is 1. The van der Waals surface area contributed by atoms with Crippen LogP contribution in [-0.4, -0.2) is 34.8 Å². The molecule has 0 saturated carbocycles. The van der Waals surface area contributed by atoms with Crippen LogP contribution in [0.2, 0.25) is 0 Å². The zero-order valence-corrected chi connectivity index (χ0v) is 22.7. The van der Waals surface area contributed by atoms with Crippen LogP contribution in [0.1, 0.15) is 79.1 Å². The number of aromatic nitrogens is 1. The van der Waals surface area contributed by atoms with Crippen LogP contribution >= 0.6 is 0 Å². The summed E-state index contributed by atoms with van der Waals surface area (Å²) < 4.78 is 29.3. The molecule has 0 aliphatic carbocycles. The molecule has 2 aromatic carbocycles. The summed E-state index contributed by atoms with van der Waals surface area (Å²) in [7, 11) is 0. The van der Waals surface area contributed by atoms with Crippen LogP contribution in [0.4, 0.5) is 8.78 Å². The summed E-state index contributed by atoms with van der Waals surface area (Å²) in [5, 5.41) is 2.92. The average Bonchev–Trinajstić information content (AvgIpc) is 3.19. The summed E-state index contributed by atoms with van der Waals surface area (Å²) in [5.74, 6) is -1.69. The molecule has 5 rings (SSSR count). The van der Waals surface area contributed by atoms with E-state index >= 15 is 0 Å². The Morgan fingerprint density at radius 2 is 1.50 bits per heavy atom. The molecule has 3 aromatic rings. The molecule has 0 spiro atoms. The van der Waals surface area contributed by atoms with E-state index in [4.69, 9.17) is 0 Å². The van der Waals surface area contributed by atoms with Gasteiger partial charge in [-0.3, -0.25) is 9.59 Å². The normalized spacial score (nSPS) is 18.8. The lowest BCUT2D eigenvalue weighted by molar-refractivity contribution is 0.0774. The van der Waals surface area contributed by atoms with Gasteiger partial charge in [-0.1, -0.05) is 45.9 Å². The molecule has 0 unspecified atom stereocenters. The Kier molecular flexibility index (Phi) is 5.97. The zero-order valence-electron chi connectivity index (χ0n) is 22.7. The molecule has 1 N–H and O–H groups in total. The minimum absolute atomic E-state index is 0.00144. The van der Waals surface area contributed by atoms with Gasteiger partial charge < -0.3 is 10.2 Å². The van der Waals surface area contributed by atoms with Crippen LogP contribution in [-0.2, 0) is 12.0 Å². The molecular weight excluding hydrogens is 484 g/mol. The fourth-order valence-electron chi connectivity index (χ4n) is 5.47. The highest BCUT2D eigenvalue weighted by molar-refractivity contribution is 6.01. The summed E-state index contributed by atoms with van der Waals surface area (Å²) >= 11 is 0. The van der Waals surface area contributed by atoms with Gasteiger partial charge in [-0.2, -0.15) is 0 Å². The highest BCUT2D eigenvalue weighted by atomic mass is 19.1. The topological polar surface area (TPSA) is 62.3 Å². The van der Waals surface area contributed by atoms with E-state index in [1.54, 1.807) is 18.2 Å². The first-order valence-electron chi connectivity index (χ1n) is 12.9. The third-order valence-electron chi connectivity index (χ3n) is 8.45. The Bertz CT molecular complexity index is 1420. The number of nitrogens with zero attached hydrogens (tertiary/aromatic N) is 2. The van der Waals surface area contributed by atoms with Crippen molar-refractivity contribution < 1.29 is 18.4 Å². The van der Waals surface area contributed by atoms with E-state index in [1.807, 2.05) is 30.9 Å². The van der Waals surface area contributed by atoms with Gasteiger partial charge in [0, 0.05) is 18.7 Å². The van der Waals surface area contributed by atoms with Gasteiger partial charge in [0.05, 0.1) is 28.1 Å². The number of hydrogen-bond donors (Lipinski definition) is 1. The Morgan fingerprint density at radius 1 is 0.921 bits per heavy atom. The summed E-state index contributed by atoms with van der Waals surface area (Å²) in [4.78, 5) is 32.6. The second-order valence-electron chi connectivity index (χ2n) is 12.4. The van der Waals surface area contributed by atoms with Crippen LogP contribution in [0, 0.1) is 22.5 Å². The molecule has 3 heterocycles. The fraction of sp³-hybridized carbons (Fsp3) is 0.387. The second kappa shape index (κ2) is 8.72. The number of nitrogens with one attached hydrogen (secondary N) is 1. The van der Waals surface area contributed by atoms with Crippen LogP contribution in [0.15, 0.2) is 48.5 Å². The molecule has 0 bridgehead atoms. The Balaban J connectivity index is 1.48. The molecule has 0 atom stereocenters. The number of likely N-dealkylation sites (tertiary alicyclic amines) is 1. The standard InChI is InChI=1S/C31H33F2N3O2/c1-29(2)16-36(17-30(29,3)4)28(38)19-12-10-18(11-13-19)14-20-15-23(25-21(32)8-7-9-22(25)33)34-26-24(20)27(37)35-31(26,5)6/h7-13,15H,14,16-17H2,1-6H3,(H,35,37). The molecule has 1 aromatic heterocycles. The van der Waals surface area contributed by atoms with E-state index in [0.29, 0.717) is 41.9 Å². The quantitative estimate of drug-likeness (QED) is 0.455. The maximum atomic E-state index is 14.7. The van der Waals surface area contributed by atoms with Crippen molar-refractivity contribution in [2.75, 3.05) is 13.1 Å². The largest absolute Gasteiger partial charge is 0.341 e. The van der Waals surface area contributed by atoms with E-state index in [-0.39, 0.29) is 33.9 Å². The van der Waals surface area contributed by atoms with Crippen molar-refractivity contribution in [3.63, 3.8) is 0 Å². The van der Waals surface area contributed by atoms with Crippen LogP contribution < -0.4 is 5.32 Å². The van der Waals surface area contributed by atoms with Crippen molar-refractivity contribution in [1.29, 1.82) is 0 Å². The third kappa shape index (κ3) is 4.28. The number of carbonyl (C=O) groups excluding carboxylic acids is 2. The predicted molar refractivity (Wildman–Crippen MR) is 143 cm³/mol. The molecule has 0 radical (unpaired) electrons. The molecule has 198 valence electrons. The number of amides is 2. The minimum atomic E-state index is -0.785. The summed E-state index contributed by atoms with van der Waals surface area (Å²) in [6.07, 6.45) is 0.343. The van der Waals surface area contributed by atoms with Gasteiger partial charge in [0.15, 0.2) is 0 Å². The SMILES string of the molecule is CC1(C)NC(=O)c2c(Cc3ccc(C(=O)N4CC(C)(C)C(C)(C)C4)cc3)cc(-c3c(F)cccc3F)nc21. The van der Waals surface area contributed by atoms with Gasteiger partial charge in [-0.05, 0) is 72.6 Å². The monoisotopic (exact) mass is 517 g/mol. The van der Waals surface area contributed by atoms with Gasteiger partial charge in [0.2, 0.25) is 0 Å². The Morgan fingerprint density at radius 3 is 2.08 bits per heavy atom. The van der Waals surface area contributed by atoms with Crippen molar-refractivity contribution in [3.8, 4) is 11.3 Å². The van der Waals surface area contributed by atoms with Crippen LogP contribution in [0.3, 0.4) is 0 Å². The van der Waals surface area contributed by atoms with Crippen LogP contribution in [0.25, 0.3) is 11.3 Å². The number of halogens is 2. The smallest absolute Gasteiger partial charge is 0.254 e. The van der Waals surface area contributed by atoms with E-state index < -0.39 is 17.2 Å². The first-order chi connectivity index (χ1) is 17.7. The molecule has 2 aliphatic rings. The fourth-order valence-corrected chi connectivity index (χ4v) is 5.47. The van der Waals surface area contributed by atoms with Crippen molar-refractivity contribution in [2.45, 2.75) is 53.5 Å². The summed E-state index contributed by atoms with van der Waals surface area (Å²) in [6.45, 7) is 13.8. The Hall–Kier alpha value is -3.61. The van der Waals surface area contributed by atoms with E-state index in [9.17, 15) is 18.4 Å². The molecule has 38 heavy (non-hydrogen) atoms. The van der Waals surface area contributed by atoms with E-state index in [0.717, 1.165) is 5.56 Å². The molecule has 2 aliphatic heterocycles. The highest BCUT2D eigenvalue weighted by Crippen LogP contribution is 2.45. The maximum Gasteiger partial charge on any atom is 0.254 e. The zero-order chi connectivity index (χ0) is 27.6. The van der Waals surface area contributed by atoms with Gasteiger partial charge in [-0.15, -0.1) is 0 Å². The van der Waals surface area contributed by atoms with Crippen molar-refractivity contribution in [2.24, 2.45) is 10.8 Å². The molecule has 1 fully saturated rings. The number of rotatable bonds is 4. The molecule has 1 saturated heterocycles. The molecular formula is C31H33F2N3O2. The van der Waals surface area contributed by atoms with Crippen LogP contribution in [0.5, 0.6) is 0 Å². The minimum Gasteiger partial charge on any atom is -0.341 e. The second-order valence-corrected chi connectivity index (χ2v) is 12.4. The number of benzene rings is 2. The lowest BCUT2D eigenvalue weighted by Gasteiger charge is -2.32. The van der Waals surface area contributed by atoms with Crippen molar-refractivity contribution >= 4 is 11.8 Å². The molecule has 7 heteroatoms. The number of hydrogen-bond acceptors (Lipinski definition) is 3. The first kappa shape index (κ1) is 26.0. The van der Waals surface area contributed by atoms with Gasteiger partial charge in [-0.25, -0.2) is 13.8 Å². The Labute approximate surface area is 222 Å². The molecule has 2 amide bonds. The average molecular weight is 518 g/mol. The number of pyridine rings is 1. The number of carbonyl (C=O) groups is 2. The predicted octanol–water partition coefficient (Wildman–Crippen LogP) is 6.10. The third-order valence-corrected chi connectivity index (χ3v) is 8.45. The lowest BCUT2D eigenvalue weighted by atomic mass is 9.71.